The zero-order chi connectivity index (χ0) is 12.0. The fourth-order valence-corrected chi connectivity index (χ4v) is 2.93. The van der Waals surface area contributed by atoms with Gasteiger partial charge in [-0.1, -0.05) is 0 Å². The lowest BCUT2D eigenvalue weighted by Gasteiger charge is -2.37. The number of hydrogen-bond acceptors (Lipinski definition) is 3. The molecule has 2 atom stereocenters. The van der Waals surface area contributed by atoms with Crippen molar-refractivity contribution in [1.29, 1.82) is 0 Å². The molecule has 90 valence electrons. The van der Waals surface area contributed by atoms with Gasteiger partial charge in [-0.15, -0.1) is 0 Å². The Kier molecular flexibility index (Phi) is 2.29. The molecule has 0 spiro atoms. The Labute approximate surface area is 98.1 Å². The van der Waals surface area contributed by atoms with Crippen molar-refractivity contribution in [1.82, 2.24) is 9.88 Å². The summed E-state index contributed by atoms with van der Waals surface area (Å²) in [6.45, 7) is 2.49. The summed E-state index contributed by atoms with van der Waals surface area (Å²) in [6.07, 6.45) is 1.05. The Morgan fingerprint density at radius 3 is 3.00 bits per heavy atom. The van der Waals surface area contributed by atoms with Gasteiger partial charge in [-0.3, -0.25) is 4.79 Å². The number of aromatic nitrogens is 1. The Hall–Kier alpha value is -1.62. The number of carboxylic acid groups (broad SMARTS) is 1. The molecule has 5 nitrogen and oxygen atoms in total. The summed E-state index contributed by atoms with van der Waals surface area (Å²) >= 11 is 0. The highest BCUT2D eigenvalue weighted by molar-refractivity contribution is 5.87. The third kappa shape index (κ3) is 1.67. The fourth-order valence-electron chi connectivity index (χ4n) is 2.93. The van der Waals surface area contributed by atoms with Crippen molar-refractivity contribution in [2.45, 2.75) is 18.9 Å². The van der Waals surface area contributed by atoms with E-state index in [9.17, 15) is 9.59 Å². The molecule has 0 saturated carbocycles. The minimum absolute atomic E-state index is 0.102. The van der Waals surface area contributed by atoms with Crippen molar-refractivity contribution in [2.24, 2.45) is 5.92 Å². The summed E-state index contributed by atoms with van der Waals surface area (Å²) in [5, 5.41) is 12.3. The first-order valence-electron chi connectivity index (χ1n) is 5.84. The van der Waals surface area contributed by atoms with Gasteiger partial charge in [0.1, 0.15) is 0 Å². The average molecular weight is 234 g/mol. The van der Waals surface area contributed by atoms with E-state index < -0.39 is 5.97 Å². The van der Waals surface area contributed by atoms with Crippen LogP contribution in [0.2, 0.25) is 0 Å². The van der Waals surface area contributed by atoms with Crippen LogP contribution in [0, 0.1) is 5.92 Å². The Morgan fingerprint density at radius 2 is 2.24 bits per heavy atom. The van der Waals surface area contributed by atoms with Crippen LogP contribution in [-0.2, 0) is 6.54 Å². The van der Waals surface area contributed by atoms with Crippen LogP contribution in [0.1, 0.15) is 28.4 Å². The average Bonchev–Trinajstić information content (AvgIpc) is 2.30. The number of hydrogen-bond donors (Lipinski definition) is 2. The van der Waals surface area contributed by atoms with Crippen LogP contribution in [0.3, 0.4) is 0 Å². The molecule has 0 amide bonds. The number of nitrogens with one attached hydrogen (secondary N) is 1. The zero-order valence-electron chi connectivity index (χ0n) is 9.35. The molecule has 0 aromatic carbocycles. The standard InChI is InChI=1S/C12H14N2O3/c15-11-3-8(12(16)17)2-10-9-1-7(4-13-5-9)6-14(10)11/h2-3,7,9,13H,1,4-6H2,(H,16,17)/t7?,9-/m0/s1. The van der Waals surface area contributed by atoms with E-state index in [1.165, 1.54) is 6.07 Å². The van der Waals surface area contributed by atoms with Crippen LogP contribution in [-0.4, -0.2) is 28.7 Å². The van der Waals surface area contributed by atoms with Gasteiger partial charge in [-0.2, -0.15) is 0 Å². The van der Waals surface area contributed by atoms with Crippen molar-refractivity contribution >= 4 is 5.97 Å². The summed E-state index contributed by atoms with van der Waals surface area (Å²) < 4.78 is 1.74. The maximum Gasteiger partial charge on any atom is 0.335 e. The minimum atomic E-state index is -1.03. The molecule has 1 aromatic rings. The number of piperidine rings is 1. The number of rotatable bonds is 1. The quantitative estimate of drug-likeness (QED) is 0.731. The molecule has 0 aliphatic carbocycles. The molecule has 2 N–H and O–H groups in total. The normalized spacial score (nSPS) is 26.4. The van der Waals surface area contributed by atoms with Crippen molar-refractivity contribution in [3.63, 3.8) is 0 Å². The van der Waals surface area contributed by atoms with Gasteiger partial charge >= 0.3 is 5.97 Å². The summed E-state index contributed by atoms with van der Waals surface area (Å²) in [5.41, 5.74) is 0.792. The summed E-state index contributed by atoms with van der Waals surface area (Å²) in [4.78, 5) is 22.8. The predicted octanol–water partition coefficient (Wildman–Crippen LogP) is 0.253. The van der Waals surface area contributed by atoms with E-state index in [-0.39, 0.29) is 17.0 Å². The number of carbonyl (C=O) groups is 1. The molecule has 1 fully saturated rings. The van der Waals surface area contributed by atoms with Gasteiger partial charge in [0.2, 0.25) is 0 Å². The molecule has 3 heterocycles. The van der Waals surface area contributed by atoms with Crippen LogP contribution in [0.15, 0.2) is 16.9 Å². The minimum Gasteiger partial charge on any atom is -0.478 e. The first-order valence-corrected chi connectivity index (χ1v) is 5.84. The molecule has 2 aliphatic rings. The van der Waals surface area contributed by atoms with Gasteiger partial charge in [-0.25, -0.2) is 4.79 Å². The highest BCUT2D eigenvalue weighted by Gasteiger charge is 2.31. The second kappa shape index (κ2) is 3.70. The second-order valence-corrected chi connectivity index (χ2v) is 4.88. The number of carboxylic acids is 1. The van der Waals surface area contributed by atoms with E-state index in [0.717, 1.165) is 25.2 Å². The summed E-state index contributed by atoms with van der Waals surface area (Å²) in [7, 11) is 0. The predicted molar refractivity (Wildman–Crippen MR) is 61.4 cm³/mol. The maximum atomic E-state index is 11.9. The Morgan fingerprint density at radius 1 is 1.41 bits per heavy atom. The SMILES string of the molecule is O=C(O)c1cc2n(c(=O)c1)CC1CNC[C@@H]2C1. The summed E-state index contributed by atoms with van der Waals surface area (Å²) in [6, 6.07) is 2.87. The molecule has 1 unspecified atom stereocenters. The van der Waals surface area contributed by atoms with E-state index in [1.807, 2.05) is 0 Å². The van der Waals surface area contributed by atoms with Crippen molar-refractivity contribution in [3.05, 3.63) is 33.7 Å². The number of pyridine rings is 1. The van der Waals surface area contributed by atoms with Gasteiger partial charge < -0.3 is 15.0 Å². The zero-order valence-corrected chi connectivity index (χ0v) is 9.35. The van der Waals surface area contributed by atoms with E-state index in [1.54, 1.807) is 10.6 Å². The van der Waals surface area contributed by atoms with Crippen molar-refractivity contribution < 1.29 is 9.90 Å². The fraction of sp³-hybridized carbons (Fsp3) is 0.500. The van der Waals surface area contributed by atoms with Crippen molar-refractivity contribution in [3.8, 4) is 0 Å². The number of aromatic carboxylic acids is 1. The van der Waals surface area contributed by atoms with Crippen molar-refractivity contribution in [2.75, 3.05) is 13.1 Å². The highest BCUT2D eigenvalue weighted by atomic mass is 16.4. The number of fused-ring (bicyclic) bond motifs is 4. The van der Waals surface area contributed by atoms with Gasteiger partial charge in [0.05, 0.1) is 5.56 Å². The van der Waals surface area contributed by atoms with Crippen LogP contribution < -0.4 is 10.9 Å². The van der Waals surface area contributed by atoms with Gasteiger partial charge in [-0.05, 0) is 24.9 Å². The van der Waals surface area contributed by atoms with Gasteiger partial charge in [0, 0.05) is 30.8 Å². The van der Waals surface area contributed by atoms with E-state index in [2.05, 4.69) is 5.32 Å². The lowest BCUT2D eigenvalue weighted by atomic mass is 9.84. The largest absolute Gasteiger partial charge is 0.478 e. The Balaban J connectivity index is 2.15. The van der Waals surface area contributed by atoms with Crippen LogP contribution in [0.5, 0.6) is 0 Å². The first-order chi connectivity index (χ1) is 8.15. The lowest BCUT2D eigenvalue weighted by molar-refractivity contribution is 0.0696. The molecule has 3 rings (SSSR count). The van der Waals surface area contributed by atoms with Gasteiger partial charge in [0.15, 0.2) is 0 Å². The molecule has 1 saturated heterocycles. The monoisotopic (exact) mass is 234 g/mol. The third-order valence-corrected chi connectivity index (χ3v) is 3.71. The second-order valence-electron chi connectivity index (χ2n) is 4.88. The molecule has 2 aliphatic heterocycles. The van der Waals surface area contributed by atoms with Crippen LogP contribution in [0.4, 0.5) is 0 Å². The number of nitrogens with zero attached hydrogens (tertiary/aromatic N) is 1. The molecule has 2 bridgehead atoms. The molecular weight excluding hydrogens is 220 g/mol. The van der Waals surface area contributed by atoms with E-state index in [0.29, 0.717) is 12.5 Å². The van der Waals surface area contributed by atoms with Crippen LogP contribution in [0.25, 0.3) is 0 Å². The molecule has 0 radical (unpaired) electrons. The van der Waals surface area contributed by atoms with E-state index in [4.69, 9.17) is 5.11 Å². The molecule has 1 aromatic heterocycles. The molecule has 5 heteroatoms. The van der Waals surface area contributed by atoms with Gasteiger partial charge in [0.25, 0.3) is 5.56 Å². The van der Waals surface area contributed by atoms with Crippen LogP contribution >= 0.6 is 0 Å². The Bertz CT molecular complexity index is 535. The maximum absolute atomic E-state index is 11.9. The molecular formula is C12H14N2O3. The lowest BCUT2D eigenvalue weighted by Crippen LogP contribution is -2.45. The smallest absolute Gasteiger partial charge is 0.335 e. The third-order valence-electron chi connectivity index (χ3n) is 3.71. The summed E-state index contributed by atoms with van der Waals surface area (Å²) in [5.74, 6) is -0.263. The highest BCUT2D eigenvalue weighted by Crippen LogP contribution is 2.31. The molecule has 17 heavy (non-hydrogen) atoms. The topological polar surface area (TPSA) is 71.3 Å². The van der Waals surface area contributed by atoms with E-state index >= 15 is 0 Å². The first kappa shape index (κ1) is 10.5.